The monoisotopic (exact) mass is 300 g/mol. The summed E-state index contributed by atoms with van der Waals surface area (Å²) < 4.78 is 27.5. The minimum absolute atomic E-state index is 0.0846. The van der Waals surface area contributed by atoms with Gasteiger partial charge in [-0.15, -0.1) is 0 Å². The first-order valence-electron chi connectivity index (χ1n) is 6.30. The molecular formula is C13H20N2O2S2. The molecule has 3 N–H and O–H groups in total. The molecule has 0 atom stereocenters. The van der Waals surface area contributed by atoms with E-state index in [1.165, 1.54) is 6.42 Å². The zero-order valence-electron chi connectivity index (χ0n) is 11.3. The van der Waals surface area contributed by atoms with Crippen molar-refractivity contribution in [3.05, 3.63) is 23.8 Å². The molecule has 6 heteroatoms. The van der Waals surface area contributed by atoms with Gasteiger partial charge in [-0.1, -0.05) is 12.5 Å². The van der Waals surface area contributed by atoms with Gasteiger partial charge in [0.25, 0.3) is 0 Å². The van der Waals surface area contributed by atoms with Crippen LogP contribution in [0.25, 0.3) is 0 Å². The fraction of sp³-hybridized carbons (Fsp3) is 0.538. The van der Waals surface area contributed by atoms with Gasteiger partial charge in [0.1, 0.15) is 0 Å². The molecule has 0 heterocycles. The van der Waals surface area contributed by atoms with Gasteiger partial charge in [0, 0.05) is 17.0 Å². The molecular weight excluding hydrogens is 280 g/mol. The van der Waals surface area contributed by atoms with Crippen molar-refractivity contribution >= 4 is 27.5 Å². The highest BCUT2D eigenvalue weighted by Crippen LogP contribution is 2.42. The SMILES string of the molecule is CSC1(CNS(=O)(=O)c2cccc(N)c2C)CCC1. The molecule has 1 aliphatic carbocycles. The predicted molar refractivity (Wildman–Crippen MR) is 80.9 cm³/mol. The van der Waals surface area contributed by atoms with E-state index in [0.29, 0.717) is 17.8 Å². The molecule has 0 aliphatic heterocycles. The number of thioether (sulfide) groups is 1. The molecule has 0 aromatic heterocycles. The Balaban J connectivity index is 2.16. The number of hydrogen-bond acceptors (Lipinski definition) is 4. The summed E-state index contributed by atoms with van der Waals surface area (Å²) in [7, 11) is -3.48. The summed E-state index contributed by atoms with van der Waals surface area (Å²) in [5.74, 6) is 0. The molecule has 1 saturated carbocycles. The second kappa shape index (κ2) is 5.34. The molecule has 0 amide bonds. The summed E-state index contributed by atoms with van der Waals surface area (Å²) in [5, 5.41) is 0. The third kappa shape index (κ3) is 2.90. The highest BCUT2D eigenvalue weighted by molar-refractivity contribution is 8.00. The number of hydrogen-bond donors (Lipinski definition) is 2. The van der Waals surface area contributed by atoms with Crippen molar-refractivity contribution in [3.8, 4) is 0 Å². The highest BCUT2D eigenvalue weighted by atomic mass is 32.2. The van der Waals surface area contributed by atoms with Crippen LogP contribution in [0.15, 0.2) is 23.1 Å². The summed E-state index contributed by atoms with van der Waals surface area (Å²) in [5.41, 5.74) is 6.88. The minimum Gasteiger partial charge on any atom is -0.398 e. The lowest BCUT2D eigenvalue weighted by Gasteiger charge is -2.40. The van der Waals surface area contributed by atoms with Crippen LogP contribution in [0, 0.1) is 6.92 Å². The third-order valence-electron chi connectivity index (χ3n) is 3.90. The molecule has 106 valence electrons. The molecule has 2 rings (SSSR count). The Morgan fingerprint density at radius 1 is 1.42 bits per heavy atom. The normalized spacial score (nSPS) is 18.0. The van der Waals surface area contributed by atoms with E-state index >= 15 is 0 Å². The van der Waals surface area contributed by atoms with Gasteiger partial charge in [-0.05, 0) is 43.7 Å². The Kier molecular flexibility index (Phi) is 4.13. The van der Waals surface area contributed by atoms with Crippen LogP contribution in [0.3, 0.4) is 0 Å². The van der Waals surface area contributed by atoms with E-state index in [1.54, 1.807) is 36.9 Å². The lowest BCUT2D eigenvalue weighted by Crippen LogP contribution is -2.45. The van der Waals surface area contributed by atoms with Crippen molar-refractivity contribution in [2.45, 2.75) is 35.8 Å². The maximum absolute atomic E-state index is 12.3. The fourth-order valence-electron chi connectivity index (χ4n) is 2.25. The average molecular weight is 300 g/mol. The summed E-state index contributed by atoms with van der Waals surface area (Å²) in [4.78, 5) is 0.281. The maximum Gasteiger partial charge on any atom is 0.240 e. The molecule has 0 unspecified atom stereocenters. The van der Waals surface area contributed by atoms with Crippen LogP contribution in [0.1, 0.15) is 24.8 Å². The van der Waals surface area contributed by atoms with E-state index in [-0.39, 0.29) is 9.64 Å². The number of nitrogens with one attached hydrogen (secondary N) is 1. The van der Waals surface area contributed by atoms with E-state index in [0.717, 1.165) is 12.8 Å². The summed E-state index contributed by atoms with van der Waals surface area (Å²) >= 11 is 1.75. The zero-order chi connectivity index (χ0) is 14.1. The van der Waals surface area contributed by atoms with E-state index in [9.17, 15) is 8.42 Å². The first kappa shape index (κ1) is 14.7. The van der Waals surface area contributed by atoms with Crippen molar-refractivity contribution in [1.29, 1.82) is 0 Å². The second-order valence-corrected chi connectivity index (χ2v) is 8.05. The smallest absolute Gasteiger partial charge is 0.240 e. The Morgan fingerprint density at radius 2 is 2.11 bits per heavy atom. The standard InChI is InChI=1S/C13H20N2O2S2/c1-10-11(14)5-3-6-12(10)19(16,17)15-9-13(18-2)7-4-8-13/h3,5-6,15H,4,7-9,14H2,1-2H3. The van der Waals surface area contributed by atoms with Crippen LogP contribution in [0.4, 0.5) is 5.69 Å². The van der Waals surface area contributed by atoms with Gasteiger partial charge in [-0.2, -0.15) is 11.8 Å². The van der Waals surface area contributed by atoms with Gasteiger partial charge in [-0.3, -0.25) is 0 Å². The largest absolute Gasteiger partial charge is 0.398 e. The maximum atomic E-state index is 12.3. The van der Waals surface area contributed by atoms with Gasteiger partial charge in [0.2, 0.25) is 10.0 Å². The summed E-state index contributed by atoms with van der Waals surface area (Å²) in [6.45, 7) is 2.22. The number of sulfonamides is 1. The van der Waals surface area contributed by atoms with Crippen LogP contribution in [-0.2, 0) is 10.0 Å². The molecule has 0 spiro atoms. The quantitative estimate of drug-likeness (QED) is 0.817. The van der Waals surface area contributed by atoms with E-state index in [2.05, 4.69) is 4.72 Å². The molecule has 1 aliphatic rings. The van der Waals surface area contributed by atoms with Crippen LogP contribution in [0.2, 0.25) is 0 Å². The first-order valence-corrected chi connectivity index (χ1v) is 9.01. The number of nitrogens with two attached hydrogens (primary N) is 1. The van der Waals surface area contributed by atoms with Gasteiger partial charge < -0.3 is 5.73 Å². The molecule has 1 aromatic carbocycles. The molecule has 0 radical (unpaired) electrons. The Morgan fingerprint density at radius 3 is 2.63 bits per heavy atom. The van der Waals surface area contributed by atoms with Crippen LogP contribution < -0.4 is 10.5 Å². The fourth-order valence-corrected chi connectivity index (χ4v) is 4.66. The van der Waals surface area contributed by atoms with Crippen LogP contribution in [0.5, 0.6) is 0 Å². The van der Waals surface area contributed by atoms with Crippen molar-refractivity contribution < 1.29 is 8.42 Å². The van der Waals surface area contributed by atoms with Crippen molar-refractivity contribution in [3.63, 3.8) is 0 Å². The molecule has 1 aromatic rings. The molecule has 0 saturated heterocycles. The zero-order valence-corrected chi connectivity index (χ0v) is 12.9. The predicted octanol–water partition coefficient (Wildman–Crippen LogP) is 2.14. The van der Waals surface area contributed by atoms with Crippen molar-refractivity contribution in [1.82, 2.24) is 4.72 Å². The summed E-state index contributed by atoms with van der Waals surface area (Å²) in [6.07, 6.45) is 5.37. The first-order chi connectivity index (χ1) is 8.90. The molecule has 1 fully saturated rings. The van der Waals surface area contributed by atoms with Gasteiger partial charge in [0.05, 0.1) is 4.90 Å². The lowest BCUT2D eigenvalue weighted by molar-refractivity contribution is 0.362. The van der Waals surface area contributed by atoms with Gasteiger partial charge >= 0.3 is 0 Å². The lowest BCUT2D eigenvalue weighted by atomic mass is 9.84. The Labute approximate surface area is 119 Å². The molecule has 19 heavy (non-hydrogen) atoms. The molecule has 4 nitrogen and oxygen atoms in total. The Bertz CT molecular complexity index is 560. The number of anilines is 1. The van der Waals surface area contributed by atoms with E-state index < -0.39 is 10.0 Å². The number of rotatable bonds is 5. The van der Waals surface area contributed by atoms with Crippen molar-refractivity contribution in [2.24, 2.45) is 0 Å². The molecule has 0 bridgehead atoms. The summed E-state index contributed by atoms with van der Waals surface area (Å²) in [6, 6.07) is 4.98. The number of nitrogen functional groups attached to an aromatic ring is 1. The highest BCUT2D eigenvalue weighted by Gasteiger charge is 2.37. The second-order valence-electron chi connectivity index (χ2n) is 5.04. The number of benzene rings is 1. The van der Waals surface area contributed by atoms with Gasteiger partial charge in [0.15, 0.2) is 0 Å². The van der Waals surface area contributed by atoms with Crippen LogP contribution in [-0.4, -0.2) is 26.0 Å². The van der Waals surface area contributed by atoms with Crippen molar-refractivity contribution in [2.75, 3.05) is 18.5 Å². The van der Waals surface area contributed by atoms with E-state index in [4.69, 9.17) is 5.73 Å². The third-order valence-corrected chi connectivity index (χ3v) is 6.86. The van der Waals surface area contributed by atoms with Crippen LogP contribution >= 0.6 is 11.8 Å². The minimum atomic E-state index is -3.48. The van der Waals surface area contributed by atoms with E-state index in [1.807, 2.05) is 6.26 Å². The van der Waals surface area contributed by atoms with Gasteiger partial charge in [-0.25, -0.2) is 13.1 Å². The topological polar surface area (TPSA) is 72.2 Å². The average Bonchev–Trinajstić information content (AvgIpc) is 2.31. The Hall–Kier alpha value is -0.720.